The number of fused-ring (bicyclic) bond motifs is 1. The van der Waals surface area contributed by atoms with Crippen LogP contribution in [0.15, 0.2) is 18.2 Å². The summed E-state index contributed by atoms with van der Waals surface area (Å²) in [5, 5.41) is 4.13. The molecular formula is C16H23ClN2. The molecule has 3 rings (SSSR count). The Morgan fingerprint density at radius 1 is 1.26 bits per heavy atom. The van der Waals surface area contributed by atoms with E-state index in [9.17, 15) is 0 Å². The standard InChI is InChI=1S/C16H23ClN2/c1-18-11-13-6-7-14(17)10-16(13)19-9-8-12-4-2-3-5-15(12)19/h6-7,10,12,15,18H,2-5,8-9,11H2,1H3. The van der Waals surface area contributed by atoms with Gasteiger partial charge in [-0.1, -0.05) is 30.5 Å². The maximum atomic E-state index is 6.22. The van der Waals surface area contributed by atoms with Crippen LogP contribution < -0.4 is 10.2 Å². The fourth-order valence-corrected chi connectivity index (χ4v) is 4.02. The van der Waals surface area contributed by atoms with Crippen molar-refractivity contribution in [1.29, 1.82) is 0 Å². The smallest absolute Gasteiger partial charge is 0.0429 e. The lowest BCUT2D eigenvalue weighted by molar-refractivity contribution is 0.342. The summed E-state index contributed by atoms with van der Waals surface area (Å²) in [6.45, 7) is 2.12. The maximum Gasteiger partial charge on any atom is 0.0429 e. The molecule has 1 aromatic rings. The van der Waals surface area contributed by atoms with Crippen molar-refractivity contribution in [2.45, 2.75) is 44.7 Å². The van der Waals surface area contributed by atoms with E-state index in [1.807, 2.05) is 13.1 Å². The minimum atomic E-state index is 0.753. The molecule has 1 aliphatic heterocycles. The average molecular weight is 279 g/mol. The molecule has 1 N–H and O–H groups in total. The van der Waals surface area contributed by atoms with Crippen molar-refractivity contribution < 1.29 is 0 Å². The Labute approximate surface area is 121 Å². The highest BCUT2D eigenvalue weighted by molar-refractivity contribution is 6.30. The summed E-state index contributed by atoms with van der Waals surface area (Å²) in [5.74, 6) is 0.912. The molecule has 0 radical (unpaired) electrons. The predicted octanol–water partition coefficient (Wildman–Crippen LogP) is 3.83. The van der Waals surface area contributed by atoms with Crippen molar-refractivity contribution >= 4 is 17.3 Å². The molecule has 2 nitrogen and oxygen atoms in total. The molecule has 3 heteroatoms. The lowest BCUT2D eigenvalue weighted by Gasteiger charge is -2.34. The third-order valence-corrected chi connectivity index (χ3v) is 4.97. The Bertz CT molecular complexity index is 446. The summed E-state index contributed by atoms with van der Waals surface area (Å²) in [6, 6.07) is 7.09. The summed E-state index contributed by atoms with van der Waals surface area (Å²) in [5.41, 5.74) is 2.73. The van der Waals surface area contributed by atoms with Gasteiger partial charge in [-0.3, -0.25) is 0 Å². The van der Waals surface area contributed by atoms with E-state index in [0.29, 0.717) is 0 Å². The number of nitrogens with zero attached hydrogens (tertiary/aromatic N) is 1. The zero-order chi connectivity index (χ0) is 13.2. The number of benzene rings is 1. The van der Waals surface area contributed by atoms with Crippen molar-refractivity contribution in [1.82, 2.24) is 5.32 Å². The molecule has 1 saturated heterocycles. The molecule has 2 unspecified atom stereocenters. The topological polar surface area (TPSA) is 15.3 Å². The Morgan fingerprint density at radius 3 is 2.95 bits per heavy atom. The first-order valence-electron chi connectivity index (χ1n) is 7.49. The Balaban J connectivity index is 1.90. The van der Waals surface area contributed by atoms with E-state index in [4.69, 9.17) is 11.6 Å². The van der Waals surface area contributed by atoms with Gasteiger partial charge in [0.25, 0.3) is 0 Å². The van der Waals surface area contributed by atoms with E-state index < -0.39 is 0 Å². The van der Waals surface area contributed by atoms with E-state index in [-0.39, 0.29) is 0 Å². The van der Waals surface area contributed by atoms with Gasteiger partial charge in [-0.05, 0) is 49.9 Å². The van der Waals surface area contributed by atoms with Crippen molar-refractivity contribution in [3.63, 3.8) is 0 Å². The highest BCUT2D eigenvalue weighted by Crippen LogP contribution is 2.40. The molecule has 2 aliphatic rings. The van der Waals surface area contributed by atoms with Crippen LogP contribution in [0.4, 0.5) is 5.69 Å². The van der Waals surface area contributed by atoms with Gasteiger partial charge in [-0.25, -0.2) is 0 Å². The quantitative estimate of drug-likeness (QED) is 0.904. The number of nitrogens with one attached hydrogen (secondary N) is 1. The maximum absolute atomic E-state index is 6.22. The van der Waals surface area contributed by atoms with Crippen LogP contribution >= 0.6 is 11.6 Å². The van der Waals surface area contributed by atoms with Gasteiger partial charge in [-0.2, -0.15) is 0 Å². The van der Waals surface area contributed by atoms with E-state index in [1.165, 1.54) is 49.9 Å². The van der Waals surface area contributed by atoms with Crippen LogP contribution in [-0.4, -0.2) is 19.6 Å². The first-order chi connectivity index (χ1) is 9.29. The summed E-state index contributed by atoms with van der Waals surface area (Å²) in [6.07, 6.45) is 6.95. The molecule has 1 saturated carbocycles. The zero-order valence-electron chi connectivity index (χ0n) is 11.7. The highest BCUT2D eigenvalue weighted by atomic mass is 35.5. The summed E-state index contributed by atoms with van der Waals surface area (Å²) in [4.78, 5) is 2.63. The molecule has 1 aliphatic carbocycles. The number of hydrogen-bond donors (Lipinski definition) is 1. The van der Waals surface area contributed by atoms with Gasteiger partial charge >= 0.3 is 0 Å². The SMILES string of the molecule is CNCc1ccc(Cl)cc1N1CCC2CCCCC21. The highest BCUT2D eigenvalue weighted by Gasteiger charge is 2.36. The fourth-order valence-electron chi connectivity index (χ4n) is 3.85. The Kier molecular flexibility index (Phi) is 3.99. The molecule has 0 amide bonds. The van der Waals surface area contributed by atoms with E-state index in [1.54, 1.807) is 0 Å². The molecular weight excluding hydrogens is 256 g/mol. The van der Waals surface area contributed by atoms with Crippen molar-refractivity contribution in [2.75, 3.05) is 18.5 Å². The largest absolute Gasteiger partial charge is 0.368 e. The molecule has 0 aromatic heterocycles. The first-order valence-corrected chi connectivity index (χ1v) is 7.87. The van der Waals surface area contributed by atoms with Gasteiger partial charge in [-0.15, -0.1) is 0 Å². The van der Waals surface area contributed by atoms with Crippen molar-refractivity contribution in [2.24, 2.45) is 5.92 Å². The van der Waals surface area contributed by atoms with Crippen LogP contribution in [0, 0.1) is 5.92 Å². The average Bonchev–Trinajstić information content (AvgIpc) is 2.85. The Morgan fingerprint density at radius 2 is 2.11 bits per heavy atom. The summed E-state index contributed by atoms with van der Waals surface area (Å²) in [7, 11) is 2.01. The molecule has 1 heterocycles. The van der Waals surface area contributed by atoms with Gasteiger partial charge in [0.1, 0.15) is 0 Å². The van der Waals surface area contributed by atoms with Gasteiger partial charge in [0.05, 0.1) is 0 Å². The third-order valence-electron chi connectivity index (χ3n) is 4.73. The van der Waals surface area contributed by atoms with Crippen LogP contribution in [0.25, 0.3) is 0 Å². The monoisotopic (exact) mass is 278 g/mol. The second kappa shape index (κ2) is 5.72. The molecule has 1 aromatic carbocycles. The number of hydrogen-bond acceptors (Lipinski definition) is 2. The van der Waals surface area contributed by atoms with Gasteiger partial charge in [0.15, 0.2) is 0 Å². The second-order valence-electron chi connectivity index (χ2n) is 5.90. The minimum absolute atomic E-state index is 0.753. The van der Waals surface area contributed by atoms with Gasteiger partial charge in [0.2, 0.25) is 0 Å². The predicted molar refractivity (Wildman–Crippen MR) is 81.9 cm³/mol. The van der Waals surface area contributed by atoms with Gasteiger partial charge in [0, 0.05) is 29.8 Å². The number of halogens is 1. The van der Waals surface area contributed by atoms with E-state index in [0.717, 1.165) is 23.5 Å². The normalized spacial score (nSPS) is 26.5. The van der Waals surface area contributed by atoms with E-state index >= 15 is 0 Å². The lowest BCUT2D eigenvalue weighted by atomic mass is 9.85. The summed E-state index contributed by atoms with van der Waals surface area (Å²) < 4.78 is 0. The van der Waals surface area contributed by atoms with Gasteiger partial charge < -0.3 is 10.2 Å². The summed E-state index contributed by atoms with van der Waals surface area (Å²) >= 11 is 6.22. The van der Waals surface area contributed by atoms with Crippen LogP contribution in [0.2, 0.25) is 5.02 Å². The van der Waals surface area contributed by atoms with Crippen LogP contribution in [0.3, 0.4) is 0 Å². The molecule has 2 atom stereocenters. The Hall–Kier alpha value is -0.730. The molecule has 0 spiro atoms. The lowest BCUT2D eigenvalue weighted by Crippen LogP contribution is -2.35. The minimum Gasteiger partial charge on any atom is -0.368 e. The van der Waals surface area contributed by atoms with Crippen molar-refractivity contribution in [3.05, 3.63) is 28.8 Å². The van der Waals surface area contributed by atoms with Crippen LogP contribution in [0.1, 0.15) is 37.7 Å². The molecule has 0 bridgehead atoms. The third kappa shape index (κ3) is 2.61. The van der Waals surface area contributed by atoms with E-state index in [2.05, 4.69) is 22.3 Å². The zero-order valence-corrected chi connectivity index (χ0v) is 12.4. The molecule has 19 heavy (non-hydrogen) atoms. The van der Waals surface area contributed by atoms with Crippen LogP contribution in [-0.2, 0) is 6.54 Å². The number of rotatable bonds is 3. The first kappa shape index (κ1) is 13.3. The molecule has 2 fully saturated rings. The molecule has 104 valence electrons. The number of anilines is 1. The fraction of sp³-hybridized carbons (Fsp3) is 0.625. The second-order valence-corrected chi connectivity index (χ2v) is 6.33. The van der Waals surface area contributed by atoms with Crippen molar-refractivity contribution in [3.8, 4) is 0 Å². The van der Waals surface area contributed by atoms with Crippen LogP contribution in [0.5, 0.6) is 0 Å².